The maximum Gasteiger partial charge on any atom is 0.240 e. The summed E-state index contributed by atoms with van der Waals surface area (Å²) in [6.45, 7) is 2.07. The Kier molecular flexibility index (Phi) is 5.23. The van der Waals surface area contributed by atoms with Gasteiger partial charge < -0.3 is 5.32 Å². The molecule has 0 heterocycles. The minimum absolute atomic E-state index is 0.147. The van der Waals surface area contributed by atoms with E-state index in [0.29, 0.717) is 0 Å². The van der Waals surface area contributed by atoms with Crippen molar-refractivity contribution >= 4 is 38.3 Å². The highest BCUT2D eigenvalue weighted by Crippen LogP contribution is 2.21. The van der Waals surface area contributed by atoms with Crippen LogP contribution in [0.25, 0.3) is 0 Å². The van der Waals surface area contributed by atoms with Gasteiger partial charge in [0.15, 0.2) is 0 Å². The molecule has 0 amide bonds. The zero-order valence-electron chi connectivity index (χ0n) is 11.8. The van der Waals surface area contributed by atoms with E-state index in [1.54, 1.807) is 24.3 Å². The smallest absolute Gasteiger partial charge is 0.240 e. The van der Waals surface area contributed by atoms with Crippen LogP contribution in [-0.4, -0.2) is 15.5 Å². The van der Waals surface area contributed by atoms with Gasteiger partial charge in [0.25, 0.3) is 0 Å². The van der Waals surface area contributed by atoms with Crippen molar-refractivity contribution < 1.29 is 8.42 Å². The lowest BCUT2D eigenvalue weighted by atomic mass is 10.1. The quantitative estimate of drug-likeness (QED) is 0.735. The number of hydrogen-bond acceptors (Lipinski definition) is 3. The molecule has 2 N–H and O–H groups in total. The lowest BCUT2D eigenvalue weighted by molar-refractivity contribution is 0.588. The lowest BCUT2D eigenvalue weighted by Gasteiger charge is -2.16. The molecule has 4 nitrogen and oxygen atoms in total. The van der Waals surface area contributed by atoms with Crippen molar-refractivity contribution in [3.8, 4) is 0 Å². The molecule has 0 radical (unpaired) electrons. The summed E-state index contributed by atoms with van der Waals surface area (Å²) in [5.41, 5.74) is 2.07. The summed E-state index contributed by atoms with van der Waals surface area (Å²) in [5.74, 6) is 0. The fraction of sp³-hybridized carbons (Fsp3) is 0.200. The normalized spacial score (nSPS) is 12.9. The highest BCUT2D eigenvalue weighted by Gasteiger charge is 2.11. The van der Waals surface area contributed by atoms with Crippen LogP contribution in [0, 0.1) is 3.57 Å². The molecule has 1 atom stereocenters. The van der Waals surface area contributed by atoms with E-state index in [-0.39, 0.29) is 10.9 Å². The average Bonchev–Trinajstić information content (AvgIpc) is 2.48. The molecule has 0 aliphatic carbocycles. The van der Waals surface area contributed by atoms with E-state index in [9.17, 15) is 8.42 Å². The lowest BCUT2D eigenvalue weighted by Crippen LogP contribution is -2.18. The zero-order chi connectivity index (χ0) is 15.5. The Balaban J connectivity index is 2.11. The van der Waals surface area contributed by atoms with Crippen LogP contribution in [0.1, 0.15) is 18.5 Å². The summed E-state index contributed by atoms with van der Waals surface area (Å²) in [4.78, 5) is 0.262. The first-order valence-corrected chi connectivity index (χ1v) is 9.04. The molecule has 0 aromatic heterocycles. The average molecular weight is 416 g/mol. The van der Waals surface area contributed by atoms with Crippen LogP contribution in [0.3, 0.4) is 0 Å². The number of benzene rings is 2. The third-order valence-electron chi connectivity index (χ3n) is 3.19. The van der Waals surface area contributed by atoms with Crippen LogP contribution in [0.5, 0.6) is 0 Å². The molecular formula is C15H17IN2O2S. The first kappa shape index (κ1) is 16.3. The van der Waals surface area contributed by atoms with Crippen molar-refractivity contribution in [2.24, 2.45) is 0 Å². The molecular weight excluding hydrogens is 399 g/mol. The Morgan fingerprint density at radius 3 is 2.10 bits per heavy atom. The molecule has 2 rings (SSSR count). The minimum Gasteiger partial charge on any atom is -0.379 e. The van der Waals surface area contributed by atoms with E-state index in [1.165, 1.54) is 16.2 Å². The number of sulfonamides is 1. The van der Waals surface area contributed by atoms with Crippen molar-refractivity contribution in [3.63, 3.8) is 0 Å². The Morgan fingerprint density at radius 2 is 1.57 bits per heavy atom. The van der Waals surface area contributed by atoms with Gasteiger partial charge in [-0.2, -0.15) is 0 Å². The van der Waals surface area contributed by atoms with E-state index >= 15 is 0 Å². The van der Waals surface area contributed by atoms with Crippen molar-refractivity contribution in [1.29, 1.82) is 0 Å². The van der Waals surface area contributed by atoms with Crippen LogP contribution in [0.2, 0.25) is 0 Å². The first-order valence-electron chi connectivity index (χ1n) is 6.48. The molecule has 0 saturated carbocycles. The molecule has 112 valence electrons. The summed E-state index contributed by atoms with van der Waals surface area (Å²) >= 11 is 2.27. The summed E-state index contributed by atoms with van der Waals surface area (Å²) in [7, 11) is -1.98. The Hall–Kier alpha value is -1.12. The van der Waals surface area contributed by atoms with Crippen LogP contribution in [0.4, 0.5) is 5.69 Å². The summed E-state index contributed by atoms with van der Waals surface area (Å²) < 4.78 is 26.8. The SMILES string of the molecule is CNS(=O)(=O)c1ccc(NC(C)c2ccc(I)cc2)cc1. The Labute approximate surface area is 139 Å². The van der Waals surface area contributed by atoms with E-state index in [1.807, 2.05) is 0 Å². The number of nitrogens with one attached hydrogen (secondary N) is 2. The number of hydrogen-bond donors (Lipinski definition) is 2. The van der Waals surface area contributed by atoms with Crippen LogP contribution in [0.15, 0.2) is 53.4 Å². The van der Waals surface area contributed by atoms with Crippen LogP contribution < -0.4 is 10.0 Å². The molecule has 0 saturated heterocycles. The van der Waals surface area contributed by atoms with E-state index in [2.05, 4.69) is 63.8 Å². The second-order valence-electron chi connectivity index (χ2n) is 4.65. The van der Waals surface area contributed by atoms with Gasteiger partial charge in [0.05, 0.1) is 4.90 Å². The minimum atomic E-state index is -3.38. The summed E-state index contributed by atoms with van der Waals surface area (Å²) in [6, 6.07) is 15.2. The van der Waals surface area contributed by atoms with E-state index in [0.717, 1.165) is 5.69 Å². The molecule has 0 aliphatic rings. The molecule has 0 aliphatic heterocycles. The molecule has 0 spiro atoms. The van der Waals surface area contributed by atoms with E-state index < -0.39 is 10.0 Å². The molecule has 6 heteroatoms. The number of rotatable bonds is 5. The van der Waals surface area contributed by atoms with Gasteiger partial charge in [-0.05, 0) is 78.5 Å². The molecule has 0 fully saturated rings. The second kappa shape index (κ2) is 6.76. The summed E-state index contributed by atoms with van der Waals surface area (Å²) in [6.07, 6.45) is 0. The predicted octanol–water partition coefficient (Wildman–Crippen LogP) is 3.37. The van der Waals surface area contributed by atoms with Crippen LogP contribution in [-0.2, 0) is 10.0 Å². The van der Waals surface area contributed by atoms with Crippen molar-refractivity contribution in [2.75, 3.05) is 12.4 Å². The van der Waals surface area contributed by atoms with Gasteiger partial charge in [0.2, 0.25) is 10.0 Å². The maximum absolute atomic E-state index is 11.7. The van der Waals surface area contributed by atoms with Gasteiger partial charge in [-0.15, -0.1) is 0 Å². The fourth-order valence-corrected chi connectivity index (χ4v) is 3.02. The predicted molar refractivity (Wildman–Crippen MR) is 93.9 cm³/mol. The molecule has 21 heavy (non-hydrogen) atoms. The van der Waals surface area contributed by atoms with Crippen LogP contribution >= 0.6 is 22.6 Å². The Bertz CT molecular complexity index is 697. The van der Waals surface area contributed by atoms with Gasteiger partial charge in [-0.1, -0.05) is 12.1 Å². The molecule has 0 bridgehead atoms. The van der Waals surface area contributed by atoms with Gasteiger partial charge in [-0.3, -0.25) is 0 Å². The second-order valence-corrected chi connectivity index (χ2v) is 7.78. The monoisotopic (exact) mass is 416 g/mol. The first-order chi connectivity index (χ1) is 9.92. The van der Waals surface area contributed by atoms with Crippen molar-refractivity contribution in [1.82, 2.24) is 4.72 Å². The standard InChI is InChI=1S/C15H17IN2O2S/c1-11(12-3-5-13(16)6-4-12)18-14-7-9-15(10-8-14)21(19,20)17-2/h3-11,17-18H,1-2H3. The molecule has 1 unspecified atom stereocenters. The van der Waals surface area contributed by atoms with Crippen molar-refractivity contribution in [3.05, 3.63) is 57.7 Å². The zero-order valence-corrected chi connectivity index (χ0v) is 14.8. The van der Waals surface area contributed by atoms with E-state index in [4.69, 9.17) is 0 Å². The highest BCUT2D eigenvalue weighted by atomic mass is 127. The van der Waals surface area contributed by atoms with Crippen molar-refractivity contribution in [2.45, 2.75) is 17.9 Å². The molecule has 2 aromatic carbocycles. The molecule has 2 aromatic rings. The highest BCUT2D eigenvalue weighted by molar-refractivity contribution is 14.1. The van der Waals surface area contributed by atoms with Gasteiger partial charge >= 0.3 is 0 Å². The summed E-state index contributed by atoms with van der Waals surface area (Å²) in [5, 5.41) is 3.36. The fourth-order valence-electron chi connectivity index (χ4n) is 1.93. The third kappa shape index (κ3) is 4.18. The topological polar surface area (TPSA) is 58.2 Å². The Morgan fingerprint density at radius 1 is 1.00 bits per heavy atom. The maximum atomic E-state index is 11.7. The largest absolute Gasteiger partial charge is 0.379 e. The van der Waals surface area contributed by atoms with Gasteiger partial charge in [-0.25, -0.2) is 13.1 Å². The van der Waals surface area contributed by atoms with Gasteiger partial charge in [0, 0.05) is 15.3 Å². The van der Waals surface area contributed by atoms with Gasteiger partial charge in [0.1, 0.15) is 0 Å². The number of halogens is 1. The number of anilines is 1. The third-order valence-corrected chi connectivity index (χ3v) is 5.34.